The molecule has 13 heavy (non-hydrogen) atoms. The summed E-state index contributed by atoms with van der Waals surface area (Å²) in [5.41, 5.74) is 0. The van der Waals surface area contributed by atoms with E-state index in [1.165, 1.54) is 0 Å². The molecule has 0 spiro atoms. The normalized spacial score (nSPS) is 21.8. The lowest BCUT2D eigenvalue weighted by Gasteiger charge is -2.17. The summed E-state index contributed by atoms with van der Waals surface area (Å²) in [7, 11) is 1.78. The van der Waals surface area contributed by atoms with E-state index in [1.54, 1.807) is 11.9 Å². The Hall–Kier alpha value is -0.860. The van der Waals surface area contributed by atoms with Crippen molar-refractivity contribution in [3.05, 3.63) is 0 Å². The van der Waals surface area contributed by atoms with Gasteiger partial charge in [-0.2, -0.15) is 0 Å². The van der Waals surface area contributed by atoms with E-state index in [1.807, 2.05) is 0 Å². The molecule has 0 aromatic carbocycles. The summed E-state index contributed by atoms with van der Waals surface area (Å²) in [6, 6.07) is 0. The molecule has 1 rings (SSSR count). The van der Waals surface area contributed by atoms with Crippen LogP contribution in [0.4, 0.5) is 0 Å². The van der Waals surface area contributed by atoms with Gasteiger partial charge in [0.25, 0.3) is 0 Å². The van der Waals surface area contributed by atoms with Crippen LogP contribution in [0.15, 0.2) is 0 Å². The van der Waals surface area contributed by atoms with Crippen LogP contribution < -0.4 is 0 Å². The van der Waals surface area contributed by atoms with Crippen LogP contribution in [-0.2, 0) is 9.59 Å². The Bertz CT molecular complexity index is 201. The second-order valence-electron chi connectivity index (χ2n) is 3.69. The van der Waals surface area contributed by atoms with Crippen molar-refractivity contribution in [2.75, 3.05) is 13.6 Å². The van der Waals surface area contributed by atoms with Gasteiger partial charge in [0.05, 0.1) is 6.42 Å². The Labute approximate surface area is 79.1 Å². The Balaban J connectivity index is 2.47. The van der Waals surface area contributed by atoms with E-state index in [2.05, 4.69) is 0 Å². The Kier molecular flexibility index (Phi) is 3.93. The predicted octanol–water partition coefficient (Wildman–Crippen LogP) is 1.37. The minimum Gasteiger partial charge on any atom is -0.345 e. The molecule has 0 aliphatic carbocycles. The summed E-state index contributed by atoms with van der Waals surface area (Å²) < 4.78 is 0. The topological polar surface area (TPSA) is 37.4 Å². The smallest absolute Gasteiger partial charge is 0.229 e. The molecule has 1 fully saturated rings. The number of nitrogens with zero attached hydrogens (tertiary/aromatic N) is 1. The van der Waals surface area contributed by atoms with E-state index in [4.69, 9.17) is 0 Å². The summed E-state index contributed by atoms with van der Waals surface area (Å²) >= 11 is 0. The molecule has 0 unspecified atom stereocenters. The number of hydrogen-bond acceptors (Lipinski definition) is 2. The monoisotopic (exact) mass is 183 g/mol. The highest BCUT2D eigenvalue weighted by Gasteiger charge is 2.14. The fourth-order valence-electron chi connectivity index (χ4n) is 1.54. The zero-order valence-corrected chi connectivity index (χ0v) is 8.21. The molecule has 3 heteroatoms. The molecule has 0 saturated carbocycles. The first kappa shape index (κ1) is 10.2. The van der Waals surface area contributed by atoms with E-state index in [0.717, 1.165) is 32.2 Å². The number of Topliss-reactive ketones (excluding diaryl/α,β-unsaturated/α-hetero) is 1. The molecule has 1 heterocycles. The maximum Gasteiger partial charge on any atom is 0.229 e. The zero-order valence-electron chi connectivity index (χ0n) is 8.21. The molecule has 0 bridgehead atoms. The van der Waals surface area contributed by atoms with Gasteiger partial charge in [0.15, 0.2) is 0 Å². The van der Waals surface area contributed by atoms with Gasteiger partial charge in [-0.15, -0.1) is 0 Å². The second kappa shape index (κ2) is 5.00. The summed E-state index contributed by atoms with van der Waals surface area (Å²) in [5.74, 6) is 0.0747. The zero-order chi connectivity index (χ0) is 9.68. The fraction of sp³-hybridized carbons (Fsp3) is 0.800. The molecule has 1 aliphatic rings. The van der Waals surface area contributed by atoms with Crippen molar-refractivity contribution >= 4 is 11.7 Å². The average Bonchev–Trinajstić information content (AvgIpc) is 2.09. The van der Waals surface area contributed by atoms with Gasteiger partial charge in [-0.1, -0.05) is 12.8 Å². The number of amides is 1. The molecule has 1 aliphatic heterocycles. The van der Waals surface area contributed by atoms with Gasteiger partial charge in [0.2, 0.25) is 5.91 Å². The first-order valence-corrected chi connectivity index (χ1v) is 4.96. The first-order valence-electron chi connectivity index (χ1n) is 4.96. The molecule has 3 nitrogen and oxygen atoms in total. The summed E-state index contributed by atoms with van der Waals surface area (Å²) in [5, 5.41) is 0. The third-order valence-corrected chi connectivity index (χ3v) is 2.47. The van der Waals surface area contributed by atoms with Gasteiger partial charge in [0, 0.05) is 20.0 Å². The van der Waals surface area contributed by atoms with Gasteiger partial charge in [-0.05, 0) is 12.8 Å². The Morgan fingerprint density at radius 1 is 1.08 bits per heavy atom. The summed E-state index contributed by atoms with van der Waals surface area (Å²) in [4.78, 5) is 24.2. The third kappa shape index (κ3) is 3.57. The van der Waals surface area contributed by atoms with Crippen LogP contribution in [0.2, 0.25) is 0 Å². The van der Waals surface area contributed by atoms with Gasteiger partial charge >= 0.3 is 0 Å². The van der Waals surface area contributed by atoms with Crippen molar-refractivity contribution in [2.24, 2.45) is 0 Å². The highest BCUT2D eigenvalue weighted by molar-refractivity contribution is 5.97. The molecule has 0 N–H and O–H groups in total. The minimum atomic E-state index is -0.0214. The number of carbonyl (C=O) groups excluding carboxylic acids is 2. The molecule has 1 amide bonds. The van der Waals surface area contributed by atoms with Crippen molar-refractivity contribution < 1.29 is 9.59 Å². The molecule has 1 saturated heterocycles. The molecule has 74 valence electrons. The van der Waals surface area contributed by atoms with Crippen LogP contribution in [0.25, 0.3) is 0 Å². The largest absolute Gasteiger partial charge is 0.345 e. The molecular weight excluding hydrogens is 166 g/mol. The van der Waals surface area contributed by atoms with Crippen LogP contribution in [0.3, 0.4) is 0 Å². The first-order chi connectivity index (χ1) is 6.20. The van der Waals surface area contributed by atoms with Crippen molar-refractivity contribution in [2.45, 2.75) is 38.5 Å². The third-order valence-electron chi connectivity index (χ3n) is 2.47. The van der Waals surface area contributed by atoms with Crippen LogP contribution >= 0.6 is 0 Å². The summed E-state index contributed by atoms with van der Waals surface area (Å²) in [6.45, 7) is 0.798. The number of rotatable bonds is 0. The van der Waals surface area contributed by atoms with Crippen molar-refractivity contribution in [1.29, 1.82) is 0 Å². The van der Waals surface area contributed by atoms with Gasteiger partial charge in [-0.25, -0.2) is 0 Å². The number of hydrogen-bond donors (Lipinski definition) is 0. The molecule has 0 atom stereocenters. The Morgan fingerprint density at radius 3 is 2.54 bits per heavy atom. The average molecular weight is 183 g/mol. The van der Waals surface area contributed by atoms with E-state index < -0.39 is 0 Å². The van der Waals surface area contributed by atoms with Gasteiger partial charge < -0.3 is 4.90 Å². The maximum absolute atomic E-state index is 11.3. The van der Waals surface area contributed by atoms with Crippen LogP contribution in [0.5, 0.6) is 0 Å². The lowest BCUT2D eigenvalue weighted by molar-refractivity contribution is -0.134. The Morgan fingerprint density at radius 2 is 1.77 bits per heavy atom. The van der Waals surface area contributed by atoms with E-state index in [9.17, 15) is 9.59 Å². The van der Waals surface area contributed by atoms with Gasteiger partial charge in [0.1, 0.15) is 5.78 Å². The summed E-state index contributed by atoms with van der Waals surface area (Å²) in [6.07, 6.45) is 4.96. The van der Waals surface area contributed by atoms with Crippen LogP contribution in [-0.4, -0.2) is 30.2 Å². The van der Waals surface area contributed by atoms with Gasteiger partial charge in [-0.3, -0.25) is 9.59 Å². The van der Waals surface area contributed by atoms with E-state index in [-0.39, 0.29) is 18.1 Å². The number of ketones is 1. The lowest BCUT2D eigenvalue weighted by Crippen LogP contribution is -2.30. The standard InChI is InChI=1S/C10H17NO2/c1-11-7-5-3-2-4-6-9(12)8-10(11)13/h2-8H2,1H3. The molecule has 0 aromatic heterocycles. The minimum absolute atomic E-state index is 0.0214. The molecule has 0 aromatic rings. The second-order valence-corrected chi connectivity index (χ2v) is 3.69. The van der Waals surface area contributed by atoms with Crippen molar-refractivity contribution in [3.63, 3.8) is 0 Å². The highest BCUT2D eigenvalue weighted by Crippen LogP contribution is 2.09. The fourth-order valence-corrected chi connectivity index (χ4v) is 1.54. The molecule has 0 radical (unpaired) electrons. The van der Waals surface area contributed by atoms with Crippen LogP contribution in [0, 0.1) is 0 Å². The lowest BCUT2D eigenvalue weighted by atomic mass is 10.1. The van der Waals surface area contributed by atoms with Crippen molar-refractivity contribution in [1.82, 2.24) is 4.90 Å². The number of carbonyl (C=O) groups is 2. The predicted molar refractivity (Wildman–Crippen MR) is 50.3 cm³/mol. The van der Waals surface area contributed by atoms with E-state index >= 15 is 0 Å². The maximum atomic E-state index is 11.3. The van der Waals surface area contributed by atoms with Crippen LogP contribution in [0.1, 0.15) is 38.5 Å². The van der Waals surface area contributed by atoms with E-state index in [0.29, 0.717) is 6.42 Å². The highest BCUT2D eigenvalue weighted by atomic mass is 16.2. The quantitative estimate of drug-likeness (QED) is 0.532. The SMILES string of the molecule is CN1CCCCCCC(=O)CC1=O. The molecular formula is C10H17NO2. The van der Waals surface area contributed by atoms with Crippen molar-refractivity contribution in [3.8, 4) is 0 Å².